The molecular formula is C14H23NO7. The van der Waals surface area contributed by atoms with E-state index in [1.807, 2.05) is 0 Å². The van der Waals surface area contributed by atoms with Crippen molar-refractivity contribution in [2.45, 2.75) is 31.7 Å². The molecule has 8 nitrogen and oxygen atoms in total. The average molecular weight is 317 g/mol. The van der Waals surface area contributed by atoms with Gasteiger partial charge in [0.05, 0.1) is 12.7 Å². The van der Waals surface area contributed by atoms with Crippen LogP contribution in [0.5, 0.6) is 11.5 Å². The molecule has 6 N–H and O–H groups in total. The van der Waals surface area contributed by atoms with Crippen molar-refractivity contribution < 1.29 is 34.6 Å². The number of ether oxygens (including phenoxy) is 3. The number of aliphatic hydroxyl groups is 3. The first-order chi connectivity index (χ1) is 10.4. The number of nitrogens with two attached hydrogens (primary N) is 1. The van der Waals surface area contributed by atoms with Crippen LogP contribution in [0.25, 0.3) is 0 Å². The van der Waals surface area contributed by atoms with Gasteiger partial charge in [-0.25, -0.2) is 0 Å². The van der Waals surface area contributed by atoms with Crippen molar-refractivity contribution in [1.82, 2.24) is 0 Å². The summed E-state index contributed by atoms with van der Waals surface area (Å²) >= 11 is 0. The third-order valence-electron chi connectivity index (χ3n) is 2.74. The van der Waals surface area contributed by atoms with Crippen molar-refractivity contribution in [3.8, 4) is 11.5 Å². The highest BCUT2D eigenvalue weighted by Crippen LogP contribution is 2.17. The molecule has 22 heavy (non-hydrogen) atoms. The average Bonchev–Trinajstić information content (AvgIpc) is 2.47. The molecule has 126 valence electrons. The van der Waals surface area contributed by atoms with Gasteiger partial charge in [0.2, 0.25) is 12.6 Å². The van der Waals surface area contributed by atoms with Crippen LogP contribution < -0.4 is 10.5 Å². The minimum absolute atomic E-state index is 0.0440. The SMILES string of the molecule is CC(O)C(COc1ccc(O)cc1)OC(OCCN)C(O)O. The molecule has 0 bridgehead atoms. The van der Waals surface area contributed by atoms with Crippen LogP contribution in [0, 0.1) is 0 Å². The fourth-order valence-electron chi connectivity index (χ4n) is 1.57. The fourth-order valence-corrected chi connectivity index (χ4v) is 1.57. The van der Waals surface area contributed by atoms with E-state index in [1.54, 1.807) is 12.1 Å². The number of phenolic OH excluding ortho intramolecular Hbond substituents is 1. The Labute approximate surface area is 128 Å². The number of aromatic hydroxyl groups is 1. The maximum absolute atomic E-state index is 9.70. The van der Waals surface area contributed by atoms with Crippen molar-refractivity contribution in [3.05, 3.63) is 24.3 Å². The summed E-state index contributed by atoms with van der Waals surface area (Å²) in [5, 5.41) is 37.3. The molecule has 3 unspecified atom stereocenters. The molecule has 1 aromatic rings. The molecule has 0 spiro atoms. The molecule has 0 aliphatic heterocycles. The van der Waals surface area contributed by atoms with Crippen LogP contribution in [-0.2, 0) is 9.47 Å². The minimum Gasteiger partial charge on any atom is -0.508 e. The number of rotatable bonds is 10. The van der Waals surface area contributed by atoms with Gasteiger partial charge in [-0.3, -0.25) is 0 Å². The standard InChI is InChI=1S/C14H23NO7/c1-9(16)12(22-14(13(18)19)20-7-6-15)8-21-11-4-2-10(17)3-5-11/h2-5,9,12-14,16-19H,6-8,15H2,1H3. The zero-order valence-corrected chi connectivity index (χ0v) is 12.3. The molecule has 0 fully saturated rings. The van der Waals surface area contributed by atoms with E-state index >= 15 is 0 Å². The molecule has 0 aliphatic carbocycles. The Morgan fingerprint density at radius 1 is 1.14 bits per heavy atom. The van der Waals surface area contributed by atoms with Gasteiger partial charge in [-0.15, -0.1) is 0 Å². The molecule has 0 saturated carbocycles. The van der Waals surface area contributed by atoms with Crippen LogP contribution >= 0.6 is 0 Å². The Balaban J connectivity index is 2.58. The highest BCUT2D eigenvalue weighted by Gasteiger charge is 2.26. The van der Waals surface area contributed by atoms with E-state index in [2.05, 4.69) is 0 Å². The molecule has 1 rings (SSSR count). The number of benzene rings is 1. The lowest BCUT2D eigenvalue weighted by Crippen LogP contribution is -2.42. The molecule has 0 amide bonds. The molecular weight excluding hydrogens is 294 g/mol. The molecule has 0 radical (unpaired) electrons. The fraction of sp³-hybridized carbons (Fsp3) is 0.571. The Morgan fingerprint density at radius 3 is 2.27 bits per heavy atom. The van der Waals surface area contributed by atoms with E-state index in [1.165, 1.54) is 19.1 Å². The highest BCUT2D eigenvalue weighted by atomic mass is 16.7. The van der Waals surface area contributed by atoms with Crippen LogP contribution in [0.3, 0.4) is 0 Å². The minimum atomic E-state index is -1.87. The van der Waals surface area contributed by atoms with Crippen LogP contribution in [0.2, 0.25) is 0 Å². The van der Waals surface area contributed by atoms with Crippen molar-refractivity contribution in [3.63, 3.8) is 0 Å². The Hall–Kier alpha value is -1.42. The summed E-state index contributed by atoms with van der Waals surface area (Å²) < 4.78 is 15.8. The van der Waals surface area contributed by atoms with Crippen LogP contribution in [-0.4, -0.2) is 65.0 Å². The molecule has 0 aromatic heterocycles. The number of aliphatic hydroxyl groups excluding tert-OH is 2. The number of phenols is 1. The van der Waals surface area contributed by atoms with Crippen molar-refractivity contribution in [2.24, 2.45) is 5.73 Å². The lowest BCUT2D eigenvalue weighted by atomic mass is 10.2. The monoisotopic (exact) mass is 317 g/mol. The van der Waals surface area contributed by atoms with Gasteiger partial charge in [-0.2, -0.15) is 0 Å². The van der Waals surface area contributed by atoms with Crippen LogP contribution in [0.15, 0.2) is 24.3 Å². The number of hydrogen-bond donors (Lipinski definition) is 5. The zero-order valence-electron chi connectivity index (χ0n) is 12.3. The van der Waals surface area contributed by atoms with E-state index in [-0.39, 0.29) is 25.5 Å². The topological polar surface area (TPSA) is 135 Å². The lowest BCUT2D eigenvalue weighted by Gasteiger charge is -2.27. The summed E-state index contributed by atoms with van der Waals surface area (Å²) in [4.78, 5) is 0. The zero-order chi connectivity index (χ0) is 16.5. The van der Waals surface area contributed by atoms with Gasteiger partial charge in [0.25, 0.3) is 0 Å². The second kappa shape index (κ2) is 9.57. The van der Waals surface area contributed by atoms with Gasteiger partial charge >= 0.3 is 0 Å². The Bertz CT molecular complexity index is 410. The predicted molar refractivity (Wildman–Crippen MR) is 77.2 cm³/mol. The van der Waals surface area contributed by atoms with Gasteiger partial charge in [0.1, 0.15) is 24.2 Å². The first-order valence-corrected chi connectivity index (χ1v) is 6.87. The smallest absolute Gasteiger partial charge is 0.209 e. The van der Waals surface area contributed by atoms with E-state index in [4.69, 9.17) is 19.9 Å². The number of hydrogen-bond acceptors (Lipinski definition) is 8. The molecule has 0 aliphatic rings. The summed E-state index contributed by atoms with van der Waals surface area (Å²) in [6.07, 6.45) is -4.99. The summed E-state index contributed by atoms with van der Waals surface area (Å²) in [6.45, 7) is 1.70. The van der Waals surface area contributed by atoms with Crippen molar-refractivity contribution in [1.29, 1.82) is 0 Å². The van der Waals surface area contributed by atoms with Gasteiger partial charge in [0, 0.05) is 6.54 Å². The second-order valence-electron chi connectivity index (χ2n) is 4.66. The summed E-state index contributed by atoms with van der Waals surface area (Å²) in [5.74, 6) is 0.574. The summed E-state index contributed by atoms with van der Waals surface area (Å²) in [6, 6.07) is 6.02. The van der Waals surface area contributed by atoms with Crippen LogP contribution in [0.4, 0.5) is 0 Å². The highest BCUT2D eigenvalue weighted by molar-refractivity contribution is 5.30. The predicted octanol–water partition coefficient (Wildman–Crippen LogP) is -0.851. The van der Waals surface area contributed by atoms with E-state index in [9.17, 15) is 20.4 Å². The van der Waals surface area contributed by atoms with Crippen molar-refractivity contribution in [2.75, 3.05) is 19.8 Å². The maximum Gasteiger partial charge on any atom is 0.209 e. The molecule has 1 aromatic carbocycles. The first-order valence-electron chi connectivity index (χ1n) is 6.87. The maximum atomic E-state index is 9.70. The molecule has 0 heterocycles. The van der Waals surface area contributed by atoms with E-state index in [0.717, 1.165) is 0 Å². The van der Waals surface area contributed by atoms with Crippen molar-refractivity contribution >= 4 is 0 Å². The largest absolute Gasteiger partial charge is 0.508 e. The van der Waals surface area contributed by atoms with Gasteiger partial charge in [-0.1, -0.05) is 0 Å². The Morgan fingerprint density at radius 2 is 1.77 bits per heavy atom. The molecule has 0 saturated heterocycles. The first kappa shape index (κ1) is 18.6. The van der Waals surface area contributed by atoms with Gasteiger partial charge < -0.3 is 40.4 Å². The quantitative estimate of drug-likeness (QED) is 0.352. The summed E-state index contributed by atoms with van der Waals surface area (Å²) in [5.41, 5.74) is 5.28. The van der Waals surface area contributed by atoms with E-state index in [0.29, 0.717) is 5.75 Å². The third-order valence-corrected chi connectivity index (χ3v) is 2.74. The molecule has 8 heteroatoms. The third kappa shape index (κ3) is 6.56. The molecule has 3 atom stereocenters. The Kier molecular flexibility index (Phi) is 8.10. The van der Waals surface area contributed by atoms with Gasteiger partial charge in [0.15, 0.2) is 0 Å². The van der Waals surface area contributed by atoms with E-state index < -0.39 is 24.8 Å². The lowest BCUT2D eigenvalue weighted by molar-refractivity contribution is -0.278. The van der Waals surface area contributed by atoms with Gasteiger partial charge in [-0.05, 0) is 31.2 Å². The summed E-state index contributed by atoms with van der Waals surface area (Å²) in [7, 11) is 0. The second-order valence-corrected chi connectivity index (χ2v) is 4.66. The van der Waals surface area contributed by atoms with Crippen LogP contribution in [0.1, 0.15) is 6.92 Å². The normalized spacial score (nSPS) is 15.5.